The molecule has 134 valence electrons. The molecule has 0 N–H and O–H groups in total. The second-order valence-electron chi connectivity index (χ2n) is 6.47. The van der Waals surface area contributed by atoms with Crippen LogP contribution in [-0.2, 0) is 13.1 Å². The van der Waals surface area contributed by atoms with Crippen molar-refractivity contribution >= 4 is 23.2 Å². The fourth-order valence-corrected chi connectivity index (χ4v) is 3.62. The fraction of sp³-hybridized carbons (Fsp3) is 0.217. The highest BCUT2D eigenvalue weighted by atomic mass is 35.5. The fourth-order valence-electron chi connectivity index (χ4n) is 3.05. The Morgan fingerprint density at radius 3 is 1.50 bits per heavy atom. The topological polar surface area (TPSA) is 3.24 Å². The minimum Gasteiger partial charge on any atom is -0.293 e. The molecular formula is C23H23Cl2N. The highest BCUT2D eigenvalue weighted by molar-refractivity contribution is 6.30. The van der Waals surface area contributed by atoms with Gasteiger partial charge in [0.25, 0.3) is 0 Å². The number of halogens is 2. The van der Waals surface area contributed by atoms with Crippen LogP contribution < -0.4 is 0 Å². The summed E-state index contributed by atoms with van der Waals surface area (Å²) in [4.78, 5) is 2.36. The van der Waals surface area contributed by atoms with E-state index in [9.17, 15) is 0 Å². The van der Waals surface area contributed by atoms with E-state index in [4.69, 9.17) is 23.2 Å². The summed E-state index contributed by atoms with van der Waals surface area (Å²) >= 11 is 13.4. The van der Waals surface area contributed by atoms with E-state index in [1.54, 1.807) is 0 Å². The van der Waals surface area contributed by atoms with Crippen molar-refractivity contribution in [3.63, 3.8) is 0 Å². The van der Waals surface area contributed by atoms with Crippen molar-refractivity contribution in [2.45, 2.75) is 23.8 Å². The number of hydrogen-bond donors (Lipinski definition) is 0. The van der Waals surface area contributed by atoms with E-state index < -0.39 is 0 Å². The van der Waals surface area contributed by atoms with E-state index in [0.29, 0.717) is 6.54 Å². The molecule has 0 spiro atoms. The summed E-state index contributed by atoms with van der Waals surface area (Å²) in [7, 11) is 0. The van der Waals surface area contributed by atoms with Gasteiger partial charge in [-0.1, -0.05) is 91.0 Å². The minimum absolute atomic E-state index is 0.175. The van der Waals surface area contributed by atoms with Crippen LogP contribution in [0.15, 0.2) is 91.0 Å². The second kappa shape index (κ2) is 9.78. The largest absolute Gasteiger partial charge is 0.293 e. The van der Waals surface area contributed by atoms with E-state index in [2.05, 4.69) is 53.4 Å². The number of rotatable bonds is 8. The van der Waals surface area contributed by atoms with Gasteiger partial charge in [-0.3, -0.25) is 4.90 Å². The lowest BCUT2D eigenvalue weighted by molar-refractivity contribution is 0.254. The maximum Gasteiger partial charge on any atom is 0.0761 e. The molecule has 0 unspecified atom stereocenters. The highest BCUT2D eigenvalue weighted by Gasteiger charge is 2.22. The predicted octanol–water partition coefficient (Wildman–Crippen LogP) is 6.28. The zero-order chi connectivity index (χ0) is 18.2. The van der Waals surface area contributed by atoms with Gasteiger partial charge < -0.3 is 0 Å². The van der Waals surface area contributed by atoms with Crippen LogP contribution in [0.25, 0.3) is 0 Å². The Labute approximate surface area is 166 Å². The lowest BCUT2D eigenvalue weighted by Crippen LogP contribution is -2.31. The lowest BCUT2D eigenvalue weighted by atomic mass is 10.1. The van der Waals surface area contributed by atoms with Crippen LogP contribution in [-0.4, -0.2) is 16.8 Å². The van der Waals surface area contributed by atoms with Crippen molar-refractivity contribution in [1.82, 2.24) is 4.90 Å². The zero-order valence-electron chi connectivity index (χ0n) is 14.6. The molecule has 2 atom stereocenters. The molecule has 0 aliphatic heterocycles. The summed E-state index contributed by atoms with van der Waals surface area (Å²) in [5.41, 5.74) is 3.62. The molecule has 0 bridgehead atoms. The van der Waals surface area contributed by atoms with Crippen LogP contribution in [0, 0.1) is 0 Å². The third-order valence-electron chi connectivity index (χ3n) is 4.37. The maximum atomic E-state index is 6.72. The van der Waals surface area contributed by atoms with E-state index in [1.165, 1.54) is 11.1 Å². The highest BCUT2D eigenvalue weighted by Crippen LogP contribution is 2.29. The van der Waals surface area contributed by atoms with Crippen LogP contribution in [0.2, 0.25) is 0 Å². The Hall–Kier alpha value is -1.80. The molecule has 0 saturated heterocycles. The Bertz CT molecular complexity index is 720. The first-order valence-corrected chi connectivity index (χ1v) is 9.73. The molecule has 1 nitrogen and oxygen atoms in total. The Morgan fingerprint density at radius 1 is 0.615 bits per heavy atom. The van der Waals surface area contributed by atoms with Gasteiger partial charge in [-0.15, -0.1) is 23.2 Å². The van der Waals surface area contributed by atoms with Crippen molar-refractivity contribution in [3.8, 4) is 0 Å². The number of hydrogen-bond acceptors (Lipinski definition) is 1. The monoisotopic (exact) mass is 383 g/mol. The molecule has 0 aliphatic rings. The first kappa shape index (κ1) is 19.0. The van der Waals surface area contributed by atoms with Gasteiger partial charge in [0.2, 0.25) is 0 Å². The van der Waals surface area contributed by atoms with Crippen LogP contribution >= 0.6 is 23.2 Å². The quantitative estimate of drug-likeness (QED) is 0.414. The molecule has 3 heteroatoms. The van der Waals surface area contributed by atoms with Gasteiger partial charge in [0, 0.05) is 19.6 Å². The van der Waals surface area contributed by atoms with Gasteiger partial charge in [0.15, 0.2) is 0 Å². The number of benzene rings is 3. The summed E-state index contributed by atoms with van der Waals surface area (Å²) in [6, 6.07) is 31.0. The van der Waals surface area contributed by atoms with Gasteiger partial charge in [0.1, 0.15) is 0 Å². The van der Waals surface area contributed by atoms with Crippen LogP contribution in [0.5, 0.6) is 0 Å². The second-order valence-corrected chi connectivity index (χ2v) is 7.50. The third kappa shape index (κ3) is 5.60. The van der Waals surface area contributed by atoms with Gasteiger partial charge in [-0.25, -0.2) is 0 Å². The van der Waals surface area contributed by atoms with Crippen molar-refractivity contribution in [2.75, 3.05) is 6.54 Å². The Balaban J connectivity index is 1.72. The normalized spacial score (nSPS) is 13.5. The molecule has 0 aliphatic carbocycles. The number of nitrogens with zero attached hydrogens (tertiary/aromatic N) is 1. The minimum atomic E-state index is -0.216. The summed E-state index contributed by atoms with van der Waals surface area (Å²) in [6.45, 7) is 2.41. The van der Waals surface area contributed by atoms with Gasteiger partial charge in [-0.05, 0) is 16.7 Å². The lowest BCUT2D eigenvalue weighted by Gasteiger charge is -2.27. The summed E-state index contributed by atoms with van der Waals surface area (Å²) in [5, 5.41) is -0.390. The molecule has 26 heavy (non-hydrogen) atoms. The molecular weight excluding hydrogens is 361 g/mol. The Morgan fingerprint density at radius 2 is 1.04 bits per heavy atom. The molecule has 3 aromatic carbocycles. The van der Waals surface area contributed by atoms with Gasteiger partial charge >= 0.3 is 0 Å². The zero-order valence-corrected chi connectivity index (χ0v) is 16.2. The van der Waals surface area contributed by atoms with Crippen molar-refractivity contribution < 1.29 is 0 Å². The molecule has 0 radical (unpaired) electrons. The standard InChI is InChI=1S/C23H23Cl2N/c24-22(23(25)21-14-8-3-9-15-21)18-26(16-19-10-4-1-5-11-19)17-20-12-6-2-7-13-20/h1-15,22-23H,16-18H2/t22-,23-/m1/s1. The first-order valence-electron chi connectivity index (χ1n) is 8.85. The maximum absolute atomic E-state index is 6.72. The van der Waals surface area contributed by atoms with E-state index in [-0.39, 0.29) is 10.8 Å². The summed E-state index contributed by atoms with van der Waals surface area (Å²) in [6.07, 6.45) is 0. The Kier molecular flexibility index (Phi) is 7.13. The average Bonchev–Trinajstić information content (AvgIpc) is 2.69. The van der Waals surface area contributed by atoms with Crippen LogP contribution in [0.4, 0.5) is 0 Å². The molecule has 0 amide bonds. The van der Waals surface area contributed by atoms with Crippen LogP contribution in [0.1, 0.15) is 22.1 Å². The molecule has 0 heterocycles. The molecule has 0 saturated carbocycles. The van der Waals surface area contributed by atoms with Gasteiger partial charge in [0.05, 0.1) is 10.8 Å². The SMILES string of the molecule is Cl[C@H](CN(Cc1ccccc1)Cc1ccccc1)[C@H](Cl)c1ccccc1. The summed E-state index contributed by atoms with van der Waals surface area (Å²) in [5.74, 6) is 0. The van der Waals surface area contributed by atoms with Crippen molar-refractivity contribution in [3.05, 3.63) is 108 Å². The molecule has 3 aromatic rings. The molecule has 3 rings (SSSR count). The van der Waals surface area contributed by atoms with E-state index in [0.717, 1.165) is 18.7 Å². The number of alkyl halides is 2. The first-order chi connectivity index (χ1) is 12.7. The summed E-state index contributed by atoms with van der Waals surface area (Å²) < 4.78 is 0. The molecule has 0 aromatic heterocycles. The predicted molar refractivity (Wildman–Crippen MR) is 112 cm³/mol. The average molecular weight is 384 g/mol. The van der Waals surface area contributed by atoms with Crippen LogP contribution in [0.3, 0.4) is 0 Å². The van der Waals surface area contributed by atoms with E-state index >= 15 is 0 Å². The third-order valence-corrected chi connectivity index (χ3v) is 5.44. The van der Waals surface area contributed by atoms with Gasteiger partial charge in [-0.2, -0.15) is 0 Å². The van der Waals surface area contributed by atoms with E-state index in [1.807, 2.05) is 42.5 Å². The van der Waals surface area contributed by atoms with Crippen molar-refractivity contribution in [1.29, 1.82) is 0 Å². The molecule has 0 fully saturated rings. The smallest absolute Gasteiger partial charge is 0.0761 e. The van der Waals surface area contributed by atoms with Crippen molar-refractivity contribution in [2.24, 2.45) is 0 Å².